The molecule has 1 rings (SSSR count). The molecule has 0 radical (unpaired) electrons. The molecule has 0 bridgehead atoms. The predicted octanol–water partition coefficient (Wildman–Crippen LogP) is 0.430. The van der Waals surface area contributed by atoms with Crippen LogP contribution in [0.2, 0.25) is 0 Å². The van der Waals surface area contributed by atoms with Crippen LogP contribution < -0.4 is 5.73 Å². The molecule has 1 aliphatic heterocycles. The van der Waals surface area contributed by atoms with Gasteiger partial charge < -0.3 is 20.5 Å². The van der Waals surface area contributed by atoms with E-state index in [2.05, 4.69) is 23.7 Å². The Morgan fingerprint density at radius 2 is 2.12 bits per heavy atom. The SMILES string of the molecule is CC(C)CN=C(N)N1CCC(OCCO)CC1. The highest BCUT2D eigenvalue weighted by Gasteiger charge is 2.20. The van der Waals surface area contributed by atoms with Gasteiger partial charge in [-0.05, 0) is 18.8 Å². The van der Waals surface area contributed by atoms with Crippen LogP contribution in [-0.2, 0) is 4.74 Å². The maximum atomic E-state index is 8.68. The first-order valence-electron chi connectivity index (χ1n) is 6.40. The summed E-state index contributed by atoms with van der Waals surface area (Å²) in [5.74, 6) is 1.19. The van der Waals surface area contributed by atoms with Crippen LogP contribution in [0.25, 0.3) is 0 Å². The van der Waals surface area contributed by atoms with Crippen LogP contribution in [0.5, 0.6) is 0 Å². The minimum absolute atomic E-state index is 0.0954. The number of ether oxygens (including phenoxy) is 1. The number of aliphatic hydroxyl groups is 1. The van der Waals surface area contributed by atoms with Gasteiger partial charge in [0.1, 0.15) is 0 Å². The Bertz CT molecular complexity index is 236. The normalized spacial score (nSPS) is 19.1. The predicted molar refractivity (Wildman–Crippen MR) is 69.0 cm³/mol. The maximum absolute atomic E-state index is 8.68. The molecule has 1 saturated heterocycles. The Morgan fingerprint density at radius 3 is 2.65 bits per heavy atom. The molecule has 0 unspecified atom stereocenters. The number of nitrogens with two attached hydrogens (primary N) is 1. The average Bonchev–Trinajstić information content (AvgIpc) is 2.34. The van der Waals surface area contributed by atoms with E-state index in [9.17, 15) is 0 Å². The lowest BCUT2D eigenvalue weighted by Crippen LogP contribution is -2.45. The molecule has 5 heteroatoms. The van der Waals surface area contributed by atoms with E-state index in [1.165, 1.54) is 0 Å². The van der Waals surface area contributed by atoms with Crippen molar-refractivity contribution in [2.45, 2.75) is 32.8 Å². The van der Waals surface area contributed by atoms with Crippen molar-refractivity contribution in [1.29, 1.82) is 0 Å². The molecule has 0 amide bonds. The standard InChI is InChI=1S/C12H25N3O2/c1-10(2)9-14-12(13)15-5-3-11(4-6-15)17-8-7-16/h10-11,16H,3-9H2,1-2H3,(H2,13,14). The molecule has 0 aromatic rings. The monoisotopic (exact) mass is 243 g/mol. The van der Waals surface area contributed by atoms with Crippen molar-refractivity contribution >= 4 is 5.96 Å². The van der Waals surface area contributed by atoms with Gasteiger partial charge in [0.15, 0.2) is 5.96 Å². The smallest absolute Gasteiger partial charge is 0.191 e. The molecule has 3 N–H and O–H groups in total. The lowest BCUT2D eigenvalue weighted by molar-refractivity contribution is 0.00146. The maximum Gasteiger partial charge on any atom is 0.191 e. The zero-order valence-electron chi connectivity index (χ0n) is 10.9. The molecule has 1 aliphatic rings. The summed E-state index contributed by atoms with van der Waals surface area (Å²) < 4.78 is 5.50. The number of guanidine groups is 1. The first-order valence-corrected chi connectivity index (χ1v) is 6.40. The van der Waals surface area contributed by atoms with Crippen LogP contribution in [0.3, 0.4) is 0 Å². The van der Waals surface area contributed by atoms with E-state index >= 15 is 0 Å². The Kier molecular flexibility index (Phi) is 6.29. The minimum Gasteiger partial charge on any atom is -0.394 e. The summed E-state index contributed by atoms with van der Waals surface area (Å²) >= 11 is 0. The number of likely N-dealkylation sites (tertiary alicyclic amines) is 1. The zero-order chi connectivity index (χ0) is 12.7. The fraction of sp³-hybridized carbons (Fsp3) is 0.917. The van der Waals surface area contributed by atoms with Crippen molar-refractivity contribution in [2.75, 3.05) is 32.8 Å². The second-order valence-corrected chi connectivity index (χ2v) is 4.87. The molecule has 17 heavy (non-hydrogen) atoms. The molecule has 0 aromatic heterocycles. The Hall–Kier alpha value is -0.810. The van der Waals surface area contributed by atoms with Crippen molar-refractivity contribution in [1.82, 2.24) is 4.90 Å². The van der Waals surface area contributed by atoms with Crippen LogP contribution in [0.4, 0.5) is 0 Å². The summed E-state index contributed by atoms with van der Waals surface area (Å²) in [6.45, 7) is 7.36. The minimum atomic E-state index is 0.0954. The second-order valence-electron chi connectivity index (χ2n) is 4.87. The van der Waals surface area contributed by atoms with Crippen LogP contribution >= 0.6 is 0 Å². The molecule has 0 saturated carbocycles. The Labute approximate surface area is 104 Å². The fourth-order valence-electron chi connectivity index (χ4n) is 1.85. The number of aliphatic imine (C=N–C) groups is 1. The molecule has 0 atom stereocenters. The van der Waals surface area contributed by atoms with E-state index in [1.54, 1.807) is 0 Å². The highest BCUT2D eigenvalue weighted by Crippen LogP contribution is 2.13. The molecule has 100 valence electrons. The first-order chi connectivity index (χ1) is 8.13. The van der Waals surface area contributed by atoms with Gasteiger partial charge in [0.05, 0.1) is 19.3 Å². The molecular formula is C12H25N3O2. The molecule has 0 aromatic carbocycles. The Morgan fingerprint density at radius 1 is 1.47 bits per heavy atom. The van der Waals surface area contributed by atoms with Crippen molar-refractivity contribution in [3.63, 3.8) is 0 Å². The quantitative estimate of drug-likeness (QED) is 0.542. The summed E-state index contributed by atoms with van der Waals surface area (Å²) in [5, 5.41) is 8.68. The van der Waals surface area contributed by atoms with Crippen LogP contribution in [0.1, 0.15) is 26.7 Å². The van der Waals surface area contributed by atoms with Crippen molar-refractivity contribution in [3.05, 3.63) is 0 Å². The number of piperidine rings is 1. The summed E-state index contributed by atoms with van der Waals surface area (Å²) in [6.07, 6.45) is 2.17. The van der Waals surface area contributed by atoms with Gasteiger partial charge in [-0.2, -0.15) is 0 Å². The van der Waals surface area contributed by atoms with Crippen molar-refractivity contribution < 1.29 is 9.84 Å². The molecule has 1 fully saturated rings. The number of hydrogen-bond donors (Lipinski definition) is 2. The van der Waals surface area contributed by atoms with Gasteiger partial charge in [0, 0.05) is 19.6 Å². The summed E-state index contributed by atoms with van der Waals surface area (Å²) in [5.41, 5.74) is 5.94. The lowest BCUT2D eigenvalue weighted by atomic mass is 10.1. The second kappa shape index (κ2) is 7.50. The van der Waals surface area contributed by atoms with Gasteiger partial charge >= 0.3 is 0 Å². The fourth-order valence-corrected chi connectivity index (χ4v) is 1.85. The third kappa shape index (κ3) is 5.37. The van der Waals surface area contributed by atoms with Crippen molar-refractivity contribution in [3.8, 4) is 0 Å². The van der Waals surface area contributed by atoms with E-state index in [1.807, 2.05) is 0 Å². The van der Waals surface area contributed by atoms with Crippen molar-refractivity contribution in [2.24, 2.45) is 16.6 Å². The topological polar surface area (TPSA) is 71.1 Å². The van der Waals surface area contributed by atoms with E-state index in [-0.39, 0.29) is 12.7 Å². The van der Waals surface area contributed by atoms with Gasteiger partial charge in [-0.15, -0.1) is 0 Å². The number of hydrogen-bond acceptors (Lipinski definition) is 3. The largest absolute Gasteiger partial charge is 0.394 e. The average molecular weight is 243 g/mol. The van der Waals surface area contributed by atoms with Crippen LogP contribution in [0.15, 0.2) is 4.99 Å². The lowest BCUT2D eigenvalue weighted by Gasteiger charge is -2.32. The van der Waals surface area contributed by atoms with Gasteiger partial charge in [0.2, 0.25) is 0 Å². The van der Waals surface area contributed by atoms with E-state index in [0.29, 0.717) is 18.5 Å². The summed E-state index contributed by atoms with van der Waals surface area (Å²) in [7, 11) is 0. The van der Waals surface area contributed by atoms with Gasteiger partial charge in [-0.1, -0.05) is 13.8 Å². The molecule has 0 aliphatic carbocycles. The third-order valence-electron chi connectivity index (χ3n) is 2.83. The number of nitrogens with zero attached hydrogens (tertiary/aromatic N) is 2. The molecular weight excluding hydrogens is 218 g/mol. The molecule has 1 heterocycles. The van der Waals surface area contributed by atoms with E-state index in [0.717, 1.165) is 32.5 Å². The van der Waals surface area contributed by atoms with Gasteiger partial charge in [-0.3, -0.25) is 4.99 Å². The molecule has 0 spiro atoms. The summed E-state index contributed by atoms with van der Waals surface area (Å²) in [6, 6.07) is 0. The third-order valence-corrected chi connectivity index (χ3v) is 2.83. The Balaban J connectivity index is 2.28. The van der Waals surface area contributed by atoms with E-state index < -0.39 is 0 Å². The number of aliphatic hydroxyl groups excluding tert-OH is 1. The van der Waals surface area contributed by atoms with Gasteiger partial charge in [0.25, 0.3) is 0 Å². The van der Waals surface area contributed by atoms with Crippen LogP contribution in [0, 0.1) is 5.92 Å². The highest BCUT2D eigenvalue weighted by atomic mass is 16.5. The van der Waals surface area contributed by atoms with Crippen LogP contribution in [-0.4, -0.2) is 54.9 Å². The zero-order valence-corrected chi connectivity index (χ0v) is 10.9. The van der Waals surface area contributed by atoms with E-state index in [4.69, 9.17) is 15.6 Å². The summed E-state index contributed by atoms with van der Waals surface area (Å²) in [4.78, 5) is 6.49. The first kappa shape index (κ1) is 14.3. The molecule has 5 nitrogen and oxygen atoms in total. The number of rotatable bonds is 5. The highest BCUT2D eigenvalue weighted by molar-refractivity contribution is 5.78. The van der Waals surface area contributed by atoms with Gasteiger partial charge in [-0.25, -0.2) is 0 Å².